The van der Waals surface area contributed by atoms with E-state index in [1.165, 1.54) is 11.8 Å². The van der Waals surface area contributed by atoms with Crippen molar-refractivity contribution in [1.29, 1.82) is 0 Å². The molecule has 0 aliphatic carbocycles. The summed E-state index contributed by atoms with van der Waals surface area (Å²) >= 11 is 1.43. The number of rotatable bonds is 18. The van der Waals surface area contributed by atoms with Crippen LogP contribution in [0.15, 0.2) is 4.99 Å². The molecular formula is C21H39N7O7S. The van der Waals surface area contributed by atoms with Crippen LogP contribution < -0.4 is 33.2 Å². The van der Waals surface area contributed by atoms with Gasteiger partial charge >= 0.3 is 11.9 Å². The summed E-state index contributed by atoms with van der Waals surface area (Å²) in [5.41, 5.74) is 16.1. The van der Waals surface area contributed by atoms with Crippen LogP contribution in [0.4, 0.5) is 0 Å². The first kappa shape index (κ1) is 32.9. The van der Waals surface area contributed by atoms with Crippen molar-refractivity contribution in [3.05, 3.63) is 0 Å². The summed E-state index contributed by atoms with van der Waals surface area (Å²) in [6.07, 6.45) is 1.98. The van der Waals surface area contributed by atoms with Gasteiger partial charge in [-0.3, -0.25) is 24.2 Å². The van der Waals surface area contributed by atoms with Crippen LogP contribution in [0.2, 0.25) is 0 Å². The molecule has 206 valence electrons. The molecule has 11 N–H and O–H groups in total. The Morgan fingerprint density at radius 3 is 1.94 bits per heavy atom. The van der Waals surface area contributed by atoms with Crippen molar-refractivity contribution in [2.75, 3.05) is 18.6 Å². The molecular weight excluding hydrogens is 494 g/mol. The molecule has 0 radical (unpaired) electrons. The zero-order valence-electron chi connectivity index (χ0n) is 20.9. The van der Waals surface area contributed by atoms with Crippen molar-refractivity contribution in [2.45, 2.75) is 70.1 Å². The first-order valence-electron chi connectivity index (χ1n) is 11.4. The molecule has 0 aromatic heterocycles. The lowest BCUT2D eigenvalue weighted by molar-refractivity contribution is -0.142. The molecule has 36 heavy (non-hydrogen) atoms. The Labute approximate surface area is 214 Å². The van der Waals surface area contributed by atoms with Crippen molar-refractivity contribution in [1.82, 2.24) is 16.0 Å². The number of guanidine groups is 1. The highest BCUT2D eigenvalue weighted by Gasteiger charge is 2.30. The van der Waals surface area contributed by atoms with E-state index in [4.69, 9.17) is 22.3 Å². The average Bonchev–Trinajstić information content (AvgIpc) is 2.76. The van der Waals surface area contributed by atoms with E-state index in [1.807, 2.05) is 20.1 Å². The molecule has 15 heteroatoms. The normalized spacial score (nSPS) is 14.1. The second-order valence-electron chi connectivity index (χ2n) is 8.59. The van der Waals surface area contributed by atoms with Gasteiger partial charge in [0, 0.05) is 6.54 Å². The number of amides is 3. The van der Waals surface area contributed by atoms with Crippen molar-refractivity contribution >= 4 is 47.4 Å². The SMILES string of the molecule is CSCCC(NC(=O)C(CC(C)C)NC(=O)C(N)CC(=O)O)C(=O)NC(CCCN=C(N)N)C(=O)O. The van der Waals surface area contributed by atoms with E-state index in [0.29, 0.717) is 12.2 Å². The Balaban J connectivity index is 5.44. The minimum Gasteiger partial charge on any atom is -0.481 e. The smallest absolute Gasteiger partial charge is 0.326 e. The van der Waals surface area contributed by atoms with E-state index >= 15 is 0 Å². The fraction of sp³-hybridized carbons (Fsp3) is 0.714. The summed E-state index contributed by atoms with van der Waals surface area (Å²) in [5.74, 6) is -4.34. The molecule has 0 heterocycles. The lowest BCUT2D eigenvalue weighted by Gasteiger charge is -2.26. The molecule has 0 saturated heterocycles. The third kappa shape index (κ3) is 14.4. The summed E-state index contributed by atoms with van der Waals surface area (Å²) in [6, 6.07) is -4.71. The number of carboxylic acids is 2. The van der Waals surface area contributed by atoms with Crippen LogP contribution >= 0.6 is 11.8 Å². The van der Waals surface area contributed by atoms with Crippen molar-refractivity contribution in [2.24, 2.45) is 28.1 Å². The Bertz CT molecular complexity index is 791. The molecule has 3 amide bonds. The Morgan fingerprint density at radius 1 is 0.889 bits per heavy atom. The van der Waals surface area contributed by atoms with Gasteiger partial charge in [0.2, 0.25) is 17.7 Å². The molecule has 4 unspecified atom stereocenters. The standard InChI is InChI=1S/C21H39N7O7S/c1-11(2)9-15(28-17(31)12(22)10-16(29)30)19(33)26-13(6-8-36-3)18(32)27-14(20(34)35)5-4-7-25-21(23)24/h11-15H,4-10,22H2,1-3H3,(H,26,33)(H,27,32)(H,28,31)(H,29,30)(H,34,35)(H4,23,24,25). The highest BCUT2D eigenvalue weighted by molar-refractivity contribution is 7.98. The van der Waals surface area contributed by atoms with E-state index in [-0.39, 0.29) is 37.7 Å². The molecule has 0 rings (SSSR count). The Morgan fingerprint density at radius 2 is 1.44 bits per heavy atom. The van der Waals surface area contributed by atoms with Crippen LogP contribution in [0.5, 0.6) is 0 Å². The van der Waals surface area contributed by atoms with E-state index in [9.17, 15) is 29.1 Å². The van der Waals surface area contributed by atoms with Crippen molar-refractivity contribution < 1.29 is 34.2 Å². The summed E-state index contributed by atoms with van der Waals surface area (Å²) in [4.78, 5) is 64.4. The number of carboxylic acid groups (broad SMARTS) is 2. The van der Waals surface area contributed by atoms with Gasteiger partial charge in [-0.1, -0.05) is 13.8 Å². The Kier molecular flexibility index (Phi) is 15.9. The highest BCUT2D eigenvalue weighted by atomic mass is 32.2. The zero-order valence-corrected chi connectivity index (χ0v) is 21.7. The monoisotopic (exact) mass is 533 g/mol. The Hall–Kier alpha value is -3.07. The van der Waals surface area contributed by atoms with E-state index < -0.39 is 60.2 Å². The first-order chi connectivity index (χ1) is 16.8. The number of hydrogen-bond donors (Lipinski definition) is 8. The van der Waals surface area contributed by atoms with Crippen molar-refractivity contribution in [3.8, 4) is 0 Å². The maximum Gasteiger partial charge on any atom is 0.326 e. The molecule has 14 nitrogen and oxygen atoms in total. The molecule has 0 spiro atoms. The van der Waals surface area contributed by atoms with Gasteiger partial charge in [-0.15, -0.1) is 0 Å². The van der Waals surface area contributed by atoms with Crippen LogP contribution in [-0.2, 0) is 24.0 Å². The largest absolute Gasteiger partial charge is 0.481 e. The maximum absolute atomic E-state index is 13.0. The van der Waals surface area contributed by atoms with E-state index in [2.05, 4.69) is 20.9 Å². The number of aliphatic carboxylic acids is 2. The fourth-order valence-electron chi connectivity index (χ4n) is 3.07. The number of carbonyl (C=O) groups is 5. The second kappa shape index (κ2) is 17.4. The number of nitrogens with two attached hydrogens (primary N) is 3. The number of hydrogen-bond acceptors (Lipinski definition) is 8. The van der Waals surface area contributed by atoms with Gasteiger partial charge < -0.3 is 43.4 Å². The molecule has 0 fully saturated rings. The molecule has 0 saturated carbocycles. The minimum atomic E-state index is -1.35. The topological polar surface area (TPSA) is 252 Å². The quantitative estimate of drug-likeness (QED) is 0.0553. The molecule has 0 aliphatic rings. The van der Waals surface area contributed by atoms with Gasteiger partial charge in [0.1, 0.15) is 18.1 Å². The number of aliphatic imine (C=N–C) groups is 1. The molecule has 0 aromatic carbocycles. The number of thioether (sulfide) groups is 1. The zero-order chi connectivity index (χ0) is 27.8. The van der Waals surface area contributed by atoms with Gasteiger partial charge in [0.05, 0.1) is 12.5 Å². The minimum absolute atomic E-state index is 0.0307. The maximum atomic E-state index is 13.0. The predicted octanol–water partition coefficient (Wildman–Crippen LogP) is -1.82. The fourth-order valence-corrected chi connectivity index (χ4v) is 3.54. The summed E-state index contributed by atoms with van der Waals surface area (Å²) < 4.78 is 0. The summed E-state index contributed by atoms with van der Waals surface area (Å²) in [5, 5.41) is 25.8. The van der Waals surface area contributed by atoms with Crippen LogP contribution in [0.3, 0.4) is 0 Å². The highest BCUT2D eigenvalue weighted by Crippen LogP contribution is 2.09. The van der Waals surface area contributed by atoms with Gasteiger partial charge in [0.15, 0.2) is 5.96 Å². The van der Waals surface area contributed by atoms with E-state index in [0.717, 1.165) is 0 Å². The van der Waals surface area contributed by atoms with Gasteiger partial charge in [-0.2, -0.15) is 11.8 Å². The third-order valence-electron chi connectivity index (χ3n) is 4.87. The van der Waals surface area contributed by atoms with Gasteiger partial charge in [0.25, 0.3) is 0 Å². The van der Waals surface area contributed by atoms with Crippen LogP contribution in [-0.4, -0.2) is 88.6 Å². The molecule has 0 aromatic rings. The van der Waals surface area contributed by atoms with Crippen LogP contribution in [0, 0.1) is 5.92 Å². The predicted molar refractivity (Wildman–Crippen MR) is 136 cm³/mol. The van der Waals surface area contributed by atoms with Crippen molar-refractivity contribution in [3.63, 3.8) is 0 Å². The van der Waals surface area contributed by atoms with Gasteiger partial charge in [-0.05, 0) is 43.6 Å². The van der Waals surface area contributed by atoms with E-state index in [1.54, 1.807) is 0 Å². The summed E-state index contributed by atoms with van der Waals surface area (Å²) in [7, 11) is 0. The summed E-state index contributed by atoms with van der Waals surface area (Å²) in [6.45, 7) is 3.83. The second-order valence-corrected chi connectivity index (χ2v) is 9.57. The molecule has 4 atom stereocenters. The third-order valence-corrected chi connectivity index (χ3v) is 5.52. The molecule has 0 bridgehead atoms. The number of nitrogens with one attached hydrogen (secondary N) is 3. The number of nitrogens with zero attached hydrogens (tertiary/aromatic N) is 1. The van der Waals surface area contributed by atoms with Gasteiger partial charge in [-0.25, -0.2) is 4.79 Å². The lowest BCUT2D eigenvalue weighted by atomic mass is 10.0. The lowest BCUT2D eigenvalue weighted by Crippen LogP contribution is -2.57. The average molecular weight is 534 g/mol. The first-order valence-corrected chi connectivity index (χ1v) is 12.8. The number of carbonyl (C=O) groups excluding carboxylic acids is 3. The van der Waals surface area contributed by atoms with Crippen LogP contribution in [0.1, 0.15) is 46.0 Å². The molecule has 0 aliphatic heterocycles. The van der Waals surface area contributed by atoms with Crippen LogP contribution in [0.25, 0.3) is 0 Å².